The summed E-state index contributed by atoms with van der Waals surface area (Å²) in [5.41, 5.74) is 0. The molecule has 0 aliphatic heterocycles. The molecule has 26 heavy (non-hydrogen) atoms. The Balaban J connectivity index is 3.07. The zero-order chi connectivity index (χ0) is 19.1. The summed E-state index contributed by atoms with van der Waals surface area (Å²) in [5, 5.41) is 0. The van der Waals surface area contributed by atoms with Crippen molar-refractivity contribution < 1.29 is 33.2 Å². The first-order valence-corrected chi connectivity index (χ1v) is 9.29. The summed E-state index contributed by atoms with van der Waals surface area (Å²) < 4.78 is 31.4. The molecule has 7 nitrogen and oxygen atoms in total. The van der Waals surface area contributed by atoms with Gasteiger partial charge in [0.05, 0.1) is 59.5 Å². The Labute approximate surface area is 157 Å². The molecule has 0 heterocycles. The fourth-order valence-electron chi connectivity index (χ4n) is 1.82. The number of unbranched alkanes of at least 4 members (excludes halogenated alkanes) is 2. The summed E-state index contributed by atoms with van der Waals surface area (Å²) in [6, 6.07) is 0. The maximum atomic E-state index is 11.3. The monoisotopic (exact) mass is 374 g/mol. The van der Waals surface area contributed by atoms with E-state index in [4.69, 9.17) is 34.8 Å². The van der Waals surface area contributed by atoms with Crippen LogP contribution in [0.3, 0.4) is 0 Å². The fraction of sp³-hybridized carbons (Fsp3) is 0.842. The average molecular weight is 374 g/mol. The van der Waals surface area contributed by atoms with E-state index in [2.05, 4.69) is 12.8 Å². The van der Waals surface area contributed by atoms with Crippen molar-refractivity contribution in [3.05, 3.63) is 0 Å². The van der Waals surface area contributed by atoms with Gasteiger partial charge in [0.15, 0.2) is 0 Å². The highest BCUT2D eigenvalue weighted by Crippen LogP contribution is 2.00. The highest BCUT2D eigenvalue weighted by molar-refractivity contribution is 5.69. The Morgan fingerprint density at radius 3 is 1.65 bits per heavy atom. The van der Waals surface area contributed by atoms with E-state index in [1.165, 1.54) is 0 Å². The van der Waals surface area contributed by atoms with Gasteiger partial charge in [-0.15, -0.1) is 6.42 Å². The highest BCUT2D eigenvalue weighted by Gasteiger charge is 2.01. The lowest BCUT2D eigenvalue weighted by molar-refractivity contribution is -0.145. The van der Waals surface area contributed by atoms with Gasteiger partial charge in [-0.2, -0.15) is 0 Å². The van der Waals surface area contributed by atoms with Gasteiger partial charge < -0.3 is 28.4 Å². The Morgan fingerprint density at radius 1 is 0.731 bits per heavy atom. The quantitative estimate of drug-likeness (QED) is 0.183. The minimum Gasteiger partial charge on any atom is -0.463 e. The van der Waals surface area contributed by atoms with Gasteiger partial charge >= 0.3 is 5.97 Å². The van der Waals surface area contributed by atoms with Crippen LogP contribution in [0.2, 0.25) is 0 Å². The van der Waals surface area contributed by atoms with Crippen LogP contribution in [0.25, 0.3) is 0 Å². The molecule has 0 aromatic carbocycles. The first-order valence-electron chi connectivity index (χ1n) is 9.29. The highest BCUT2D eigenvalue weighted by atomic mass is 16.6. The maximum Gasteiger partial charge on any atom is 0.305 e. The maximum absolute atomic E-state index is 11.3. The number of rotatable bonds is 20. The summed E-state index contributed by atoms with van der Waals surface area (Å²) in [7, 11) is 0. The predicted molar refractivity (Wildman–Crippen MR) is 98.0 cm³/mol. The topological polar surface area (TPSA) is 72.5 Å². The molecule has 0 amide bonds. The van der Waals surface area contributed by atoms with Gasteiger partial charge in [-0.25, -0.2) is 0 Å². The minimum absolute atomic E-state index is 0.153. The normalized spacial score (nSPS) is 10.6. The number of carbonyl (C=O) groups is 1. The first-order chi connectivity index (χ1) is 12.8. The number of hydrogen-bond donors (Lipinski definition) is 0. The summed E-state index contributed by atoms with van der Waals surface area (Å²) in [6.07, 6.45) is 8.57. The van der Waals surface area contributed by atoms with Gasteiger partial charge in [0.2, 0.25) is 0 Å². The van der Waals surface area contributed by atoms with Gasteiger partial charge in [-0.3, -0.25) is 4.79 Å². The molecular formula is C19H34O7. The number of terminal acetylenes is 1. The van der Waals surface area contributed by atoms with Crippen molar-refractivity contribution in [2.24, 2.45) is 0 Å². The summed E-state index contributed by atoms with van der Waals surface area (Å²) >= 11 is 0. The van der Waals surface area contributed by atoms with Crippen molar-refractivity contribution >= 4 is 5.97 Å². The van der Waals surface area contributed by atoms with Crippen LogP contribution in [0, 0.1) is 12.3 Å². The van der Waals surface area contributed by atoms with Gasteiger partial charge in [0, 0.05) is 6.42 Å². The second-order valence-electron chi connectivity index (χ2n) is 5.38. The molecule has 0 aliphatic rings. The number of esters is 1. The van der Waals surface area contributed by atoms with Crippen molar-refractivity contribution in [3.8, 4) is 12.3 Å². The van der Waals surface area contributed by atoms with E-state index >= 15 is 0 Å². The van der Waals surface area contributed by atoms with Crippen molar-refractivity contribution in [3.63, 3.8) is 0 Å². The van der Waals surface area contributed by atoms with E-state index in [0.717, 1.165) is 19.3 Å². The Morgan fingerprint density at radius 2 is 1.19 bits per heavy atom. The molecule has 0 saturated heterocycles. The lowest BCUT2D eigenvalue weighted by Crippen LogP contribution is -2.15. The third-order valence-electron chi connectivity index (χ3n) is 3.15. The molecule has 0 spiro atoms. The molecular weight excluding hydrogens is 340 g/mol. The van der Waals surface area contributed by atoms with Crippen molar-refractivity contribution in [2.45, 2.75) is 32.6 Å². The number of carbonyl (C=O) groups excluding carboxylic acids is 1. The molecule has 0 aromatic rings. The molecule has 152 valence electrons. The number of hydrogen-bond acceptors (Lipinski definition) is 7. The summed E-state index contributed by atoms with van der Waals surface area (Å²) in [6.45, 7) is 7.08. The molecule has 0 aromatic heterocycles. The molecule has 0 saturated carbocycles. The second-order valence-corrected chi connectivity index (χ2v) is 5.38. The Hall–Kier alpha value is -1.17. The van der Waals surface area contributed by atoms with Crippen LogP contribution in [0.5, 0.6) is 0 Å². The van der Waals surface area contributed by atoms with Gasteiger partial charge in [0.25, 0.3) is 0 Å². The second kappa shape index (κ2) is 21.9. The van der Waals surface area contributed by atoms with Crippen LogP contribution < -0.4 is 0 Å². The van der Waals surface area contributed by atoms with Gasteiger partial charge in [-0.05, 0) is 6.42 Å². The standard InChI is InChI=1S/C19H34O7/c1-3-5-6-7-19(20)26-18-17-25-16-15-24-14-13-23-12-11-22-10-9-21-8-4-2/h2H,3,5-18H2,1H3. The van der Waals surface area contributed by atoms with Crippen LogP contribution in [0.1, 0.15) is 32.6 Å². The summed E-state index contributed by atoms with van der Waals surface area (Å²) in [4.78, 5) is 11.3. The SMILES string of the molecule is C#CCOCCOCCOCCOCCOCCOC(=O)CCCCC. The number of ether oxygens (including phenoxy) is 6. The zero-order valence-electron chi connectivity index (χ0n) is 16.0. The van der Waals surface area contributed by atoms with Crippen LogP contribution in [0.15, 0.2) is 0 Å². The van der Waals surface area contributed by atoms with E-state index in [1.54, 1.807) is 0 Å². The molecule has 0 aliphatic carbocycles. The first kappa shape index (κ1) is 24.8. The lowest BCUT2D eigenvalue weighted by Gasteiger charge is -2.08. The van der Waals surface area contributed by atoms with Crippen molar-refractivity contribution in [1.29, 1.82) is 0 Å². The van der Waals surface area contributed by atoms with Crippen molar-refractivity contribution in [2.75, 3.05) is 72.7 Å². The largest absolute Gasteiger partial charge is 0.463 e. The summed E-state index contributed by atoms with van der Waals surface area (Å²) in [5.74, 6) is 2.23. The minimum atomic E-state index is -0.153. The zero-order valence-corrected chi connectivity index (χ0v) is 16.0. The van der Waals surface area contributed by atoms with Gasteiger partial charge in [0.1, 0.15) is 13.2 Å². The van der Waals surface area contributed by atoms with E-state index in [1.807, 2.05) is 0 Å². The molecule has 7 heteroatoms. The predicted octanol–water partition coefficient (Wildman–Crippen LogP) is 1.83. The van der Waals surface area contributed by atoms with Gasteiger partial charge in [-0.1, -0.05) is 25.7 Å². The molecule has 0 unspecified atom stereocenters. The molecule has 0 fully saturated rings. The Bertz CT molecular complexity index is 341. The fourth-order valence-corrected chi connectivity index (χ4v) is 1.82. The van der Waals surface area contributed by atoms with E-state index < -0.39 is 0 Å². The third-order valence-corrected chi connectivity index (χ3v) is 3.15. The molecule has 0 atom stereocenters. The van der Waals surface area contributed by atoms with Crippen LogP contribution in [0.4, 0.5) is 0 Å². The lowest BCUT2D eigenvalue weighted by atomic mass is 10.2. The van der Waals surface area contributed by atoms with Crippen molar-refractivity contribution in [1.82, 2.24) is 0 Å². The van der Waals surface area contributed by atoms with E-state index in [0.29, 0.717) is 79.1 Å². The third kappa shape index (κ3) is 20.9. The molecule has 0 radical (unpaired) electrons. The molecule has 0 rings (SSSR count). The smallest absolute Gasteiger partial charge is 0.305 e. The Kier molecular flexibility index (Phi) is 20.9. The van der Waals surface area contributed by atoms with E-state index in [-0.39, 0.29) is 5.97 Å². The molecule has 0 bridgehead atoms. The van der Waals surface area contributed by atoms with Crippen LogP contribution in [-0.4, -0.2) is 78.6 Å². The van der Waals surface area contributed by atoms with Crippen LogP contribution >= 0.6 is 0 Å². The average Bonchev–Trinajstić information content (AvgIpc) is 2.64. The van der Waals surface area contributed by atoms with E-state index in [9.17, 15) is 4.79 Å². The molecule has 0 N–H and O–H groups in total. The van der Waals surface area contributed by atoms with Crippen LogP contribution in [-0.2, 0) is 33.2 Å².